The molecule has 1 aromatic heterocycles. The molecule has 5 heteroatoms. The second-order valence-corrected chi connectivity index (χ2v) is 4.38. The van der Waals surface area contributed by atoms with Crippen LogP contribution in [0.25, 0.3) is 11.5 Å². The van der Waals surface area contributed by atoms with E-state index in [1.807, 2.05) is 0 Å². The summed E-state index contributed by atoms with van der Waals surface area (Å²) in [5.74, 6) is 2.61. The van der Waals surface area contributed by atoms with E-state index in [-0.39, 0.29) is 23.9 Å². The van der Waals surface area contributed by atoms with Crippen molar-refractivity contribution in [2.24, 2.45) is 7.05 Å². The predicted molar refractivity (Wildman–Crippen MR) is 74.7 cm³/mol. The maximum absolute atomic E-state index is 12.2. The van der Waals surface area contributed by atoms with E-state index in [0.717, 1.165) is 0 Å². The van der Waals surface area contributed by atoms with Crippen molar-refractivity contribution in [3.05, 3.63) is 40.2 Å². The molecule has 2 aromatic rings. The first-order valence-corrected chi connectivity index (χ1v) is 6.48. The first-order valence-electron chi connectivity index (χ1n) is 6.48. The second-order valence-electron chi connectivity index (χ2n) is 4.38. The highest BCUT2D eigenvalue weighted by molar-refractivity contribution is 5.60. The van der Waals surface area contributed by atoms with Crippen molar-refractivity contribution < 1.29 is 18.8 Å². The van der Waals surface area contributed by atoms with E-state index in [0.29, 0.717) is 17.7 Å². The van der Waals surface area contributed by atoms with E-state index in [9.17, 15) is 9.90 Å². The lowest BCUT2D eigenvalue weighted by atomic mass is 10.2. The molecule has 0 bridgehead atoms. The third-order valence-electron chi connectivity index (χ3n) is 3.09. The van der Waals surface area contributed by atoms with Crippen molar-refractivity contribution in [2.45, 2.75) is 13.3 Å². The van der Waals surface area contributed by atoms with Gasteiger partial charge in [0.15, 0.2) is 5.88 Å². The van der Waals surface area contributed by atoms with Crippen LogP contribution in [-0.4, -0.2) is 6.61 Å². The Labute approximate surface area is 122 Å². The van der Waals surface area contributed by atoms with Gasteiger partial charge in [-0.2, -0.15) is 4.57 Å². The lowest BCUT2D eigenvalue weighted by Gasteiger charge is -2.11. The Morgan fingerprint density at radius 2 is 2.14 bits per heavy atom. The average molecular weight is 285 g/mol. The number of nitrogens with zero attached hydrogens (tertiary/aromatic N) is 1. The fraction of sp³-hybridized carbons (Fsp3) is 0.250. The third kappa shape index (κ3) is 2.75. The summed E-state index contributed by atoms with van der Waals surface area (Å²) >= 11 is 0. The van der Waals surface area contributed by atoms with Gasteiger partial charge in [-0.1, -0.05) is 25.0 Å². The van der Waals surface area contributed by atoms with Crippen LogP contribution in [0.4, 0.5) is 0 Å². The number of para-hydroxylation sites is 1. The maximum Gasteiger partial charge on any atom is 0.386 e. The normalized spacial score (nSPS) is 10.1. The quantitative estimate of drug-likeness (QED) is 0.615. The van der Waals surface area contributed by atoms with Crippen LogP contribution in [0, 0.1) is 12.3 Å². The van der Waals surface area contributed by atoms with E-state index in [1.165, 1.54) is 4.57 Å². The molecule has 0 saturated heterocycles. The number of ether oxygens (including phenoxy) is 1. The van der Waals surface area contributed by atoms with Crippen LogP contribution in [0.3, 0.4) is 0 Å². The van der Waals surface area contributed by atoms with Crippen LogP contribution in [0.15, 0.2) is 33.5 Å². The smallest absolute Gasteiger partial charge is 0.386 e. The molecule has 21 heavy (non-hydrogen) atoms. The van der Waals surface area contributed by atoms with Crippen LogP contribution in [-0.2, 0) is 13.5 Å². The zero-order chi connectivity index (χ0) is 15.4. The zero-order valence-electron chi connectivity index (χ0n) is 11.9. The Morgan fingerprint density at radius 1 is 1.43 bits per heavy atom. The van der Waals surface area contributed by atoms with Gasteiger partial charge in [0.2, 0.25) is 0 Å². The summed E-state index contributed by atoms with van der Waals surface area (Å²) in [6.07, 6.45) is 5.50. The van der Waals surface area contributed by atoms with Gasteiger partial charge >= 0.3 is 11.5 Å². The van der Waals surface area contributed by atoms with Gasteiger partial charge in [0.25, 0.3) is 0 Å². The zero-order valence-corrected chi connectivity index (χ0v) is 11.9. The van der Waals surface area contributed by atoms with E-state index in [2.05, 4.69) is 5.92 Å². The molecule has 5 nitrogen and oxygen atoms in total. The van der Waals surface area contributed by atoms with Gasteiger partial charge in [-0.25, -0.2) is 4.79 Å². The Balaban J connectivity index is 2.63. The van der Waals surface area contributed by atoms with Gasteiger partial charge in [-0.3, -0.25) is 0 Å². The summed E-state index contributed by atoms with van der Waals surface area (Å²) in [6, 6.07) is 6.93. The SMILES string of the molecule is C#CCOc1ccccc1-c1oc(=O)c(CC)c([O-])[n+]1C. The third-order valence-corrected chi connectivity index (χ3v) is 3.09. The molecule has 2 rings (SSSR count). The number of hydrogen-bond acceptors (Lipinski definition) is 4. The van der Waals surface area contributed by atoms with Crippen molar-refractivity contribution >= 4 is 0 Å². The summed E-state index contributed by atoms with van der Waals surface area (Å²) in [6.45, 7) is 1.82. The van der Waals surface area contributed by atoms with Crippen molar-refractivity contribution in [1.82, 2.24) is 0 Å². The number of terminal acetylenes is 1. The Hall–Kier alpha value is -2.74. The number of aromatic nitrogens is 1. The molecule has 0 unspecified atom stereocenters. The van der Waals surface area contributed by atoms with Gasteiger partial charge in [-0.15, -0.1) is 6.42 Å². The molecule has 0 aliphatic heterocycles. The summed E-state index contributed by atoms with van der Waals surface area (Å²) in [5.41, 5.74) is 0.0118. The van der Waals surface area contributed by atoms with Crippen LogP contribution in [0.5, 0.6) is 11.6 Å². The van der Waals surface area contributed by atoms with Crippen molar-refractivity contribution in [3.63, 3.8) is 0 Å². The van der Waals surface area contributed by atoms with Gasteiger partial charge in [-0.05, 0) is 18.6 Å². The molecule has 0 spiro atoms. The van der Waals surface area contributed by atoms with Crippen LogP contribution in [0.1, 0.15) is 12.5 Å². The van der Waals surface area contributed by atoms with Crippen LogP contribution >= 0.6 is 0 Å². The molecule has 0 radical (unpaired) electrons. The van der Waals surface area contributed by atoms with E-state index in [4.69, 9.17) is 15.6 Å². The molecule has 0 fully saturated rings. The maximum atomic E-state index is 12.2. The average Bonchev–Trinajstić information content (AvgIpc) is 2.50. The monoisotopic (exact) mass is 285 g/mol. The minimum atomic E-state index is -0.623. The predicted octanol–water partition coefficient (Wildman–Crippen LogP) is 0.779. The summed E-state index contributed by atoms with van der Waals surface area (Å²) < 4.78 is 12.0. The molecule has 0 N–H and O–H groups in total. The fourth-order valence-corrected chi connectivity index (χ4v) is 2.02. The topological polar surface area (TPSA) is 66.4 Å². The van der Waals surface area contributed by atoms with Gasteiger partial charge < -0.3 is 14.3 Å². The molecule has 0 amide bonds. The van der Waals surface area contributed by atoms with Gasteiger partial charge in [0, 0.05) is 0 Å². The number of hydrogen-bond donors (Lipinski definition) is 0. The molecule has 1 heterocycles. The molecular weight excluding hydrogens is 270 g/mol. The van der Waals surface area contributed by atoms with Crippen LogP contribution in [0.2, 0.25) is 0 Å². The Morgan fingerprint density at radius 3 is 2.81 bits per heavy atom. The molecule has 108 valence electrons. The van der Waals surface area contributed by atoms with E-state index < -0.39 is 5.63 Å². The first-order chi connectivity index (χ1) is 10.1. The minimum Gasteiger partial charge on any atom is -0.823 e. The lowest BCUT2D eigenvalue weighted by Crippen LogP contribution is -2.39. The van der Waals surface area contributed by atoms with Gasteiger partial charge in [0.05, 0.1) is 5.56 Å². The molecule has 0 saturated carbocycles. The van der Waals surface area contributed by atoms with Gasteiger partial charge in [0.1, 0.15) is 25.0 Å². The highest BCUT2D eigenvalue weighted by Gasteiger charge is 2.22. The Kier molecular flexibility index (Phi) is 4.29. The lowest BCUT2D eigenvalue weighted by molar-refractivity contribution is -0.713. The fourth-order valence-electron chi connectivity index (χ4n) is 2.02. The summed E-state index contributed by atoms with van der Waals surface area (Å²) in [4.78, 5) is 11.9. The van der Waals surface area contributed by atoms with Crippen molar-refractivity contribution in [1.29, 1.82) is 0 Å². The summed E-state index contributed by atoms with van der Waals surface area (Å²) in [7, 11) is 1.55. The molecular formula is C16H15NO4. The first kappa shape index (κ1) is 14.7. The standard InChI is InChI=1S/C16H15NO4/c1-4-10-20-13-9-7-6-8-12(13)15-17(3)14(18)11(5-2)16(19)21-15/h1,6-9H,5,10H2,2-3H3. The van der Waals surface area contributed by atoms with Crippen molar-refractivity contribution in [2.75, 3.05) is 6.61 Å². The van der Waals surface area contributed by atoms with Crippen LogP contribution < -0.4 is 20.0 Å². The minimum absolute atomic E-state index is 0.0856. The molecule has 1 aromatic carbocycles. The highest BCUT2D eigenvalue weighted by atomic mass is 16.5. The highest BCUT2D eigenvalue weighted by Crippen LogP contribution is 2.27. The Bertz CT molecular complexity index is 756. The summed E-state index contributed by atoms with van der Waals surface area (Å²) in [5, 5.41) is 12.2. The van der Waals surface area contributed by atoms with E-state index >= 15 is 0 Å². The molecule has 0 aliphatic rings. The largest absolute Gasteiger partial charge is 0.823 e. The molecule has 0 atom stereocenters. The second kappa shape index (κ2) is 6.14. The van der Waals surface area contributed by atoms with E-state index in [1.54, 1.807) is 38.2 Å². The number of rotatable bonds is 4. The number of benzene rings is 1. The molecule has 0 aliphatic carbocycles. The van der Waals surface area contributed by atoms with Crippen molar-refractivity contribution in [3.8, 4) is 35.4 Å².